The van der Waals surface area contributed by atoms with Crippen molar-refractivity contribution in [3.8, 4) is 0 Å². The first-order valence-corrected chi connectivity index (χ1v) is 11.2. The third-order valence-corrected chi connectivity index (χ3v) is 6.43. The van der Waals surface area contributed by atoms with E-state index >= 15 is 0 Å². The van der Waals surface area contributed by atoms with Gasteiger partial charge in [0, 0.05) is 50.7 Å². The standard InChI is InChI=1S/C24H35N5O2/c1-24(2,3)26-23(31)28-12-13-29-18(14-28)20(22(25)30)19(21(29)16-6-7-16)15-8-10-17(11-9-15)27(4)5/h8-11,16,18,20H,6-7,12-14H2,1-5H3,(H2,25,30)(H,26,31). The lowest BCUT2D eigenvalue weighted by Crippen LogP contribution is -2.59. The number of amides is 3. The van der Waals surface area contributed by atoms with Crippen LogP contribution in [0.4, 0.5) is 10.5 Å². The molecule has 3 aliphatic rings. The predicted octanol–water partition coefficient (Wildman–Crippen LogP) is 2.48. The predicted molar refractivity (Wildman–Crippen MR) is 123 cm³/mol. The van der Waals surface area contributed by atoms with Gasteiger partial charge in [-0.15, -0.1) is 0 Å². The molecule has 1 aromatic rings. The Kier molecular flexibility index (Phi) is 5.40. The number of allylic oxidation sites excluding steroid dienone is 1. The fraction of sp³-hybridized carbons (Fsp3) is 0.583. The minimum absolute atomic E-state index is 0.0767. The van der Waals surface area contributed by atoms with E-state index in [1.54, 1.807) is 0 Å². The number of primary amides is 1. The van der Waals surface area contributed by atoms with Crippen molar-refractivity contribution in [2.45, 2.75) is 45.2 Å². The maximum absolute atomic E-state index is 12.8. The number of carbonyl (C=O) groups excluding carboxylic acids is 2. The first kappa shape index (κ1) is 21.5. The molecule has 2 heterocycles. The topological polar surface area (TPSA) is 81.9 Å². The second-order valence-electron chi connectivity index (χ2n) is 10.3. The lowest BCUT2D eigenvalue weighted by Gasteiger charge is -2.42. The summed E-state index contributed by atoms with van der Waals surface area (Å²) in [6.07, 6.45) is 2.30. The maximum atomic E-state index is 12.8. The van der Waals surface area contributed by atoms with E-state index in [9.17, 15) is 9.59 Å². The normalized spacial score (nSPS) is 23.6. The first-order chi connectivity index (χ1) is 14.6. The van der Waals surface area contributed by atoms with Crippen LogP contribution in [0.5, 0.6) is 0 Å². The number of hydrogen-bond acceptors (Lipinski definition) is 4. The van der Waals surface area contributed by atoms with Crippen molar-refractivity contribution in [3.05, 3.63) is 35.5 Å². The summed E-state index contributed by atoms with van der Waals surface area (Å²) in [5.41, 5.74) is 10.2. The van der Waals surface area contributed by atoms with Crippen molar-refractivity contribution in [2.24, 2.45) is 17.6 Å². The van der Waals surface area contributed by atoms with E-state index < -0.39 is 5.92 Å². The molecule has 1 saturated heterocycles. The van der Waals surface area contributed by atoms with Gasteiger partial charge in [-0.3, -0.25) is 4.79 Å². The highest BCUT2D eigenvalue weighted by atomic mass is 16.2. The molecule has 0 aromatic heterocycles. The number of piperazine rings is 1. The Labute approximate surface area is 185 Å². The number of nitrogens with two attached hydrogens (primary N) is 1. The van der Waals surface area contributed by atoms with Crippen molar-refractivity contribution in [1.29, 1.82) is 0 Å². The highest BCUT2D eigenvalue weighted by Gasteiger charge is 2.50. The Balaban J connectivity index is 1.67. The van der Waals surface area contributed by atoms with Gasteiger partial charge >= 0.3 is 6.03 Å². The van der Waals surface area contributed by atoms with Gasteiger partial charge in [-0.2, -0.15) is 0 Å². The molecule has 7 heteroatoms. The Hall–Kier alpha value is -2.70. The third kappa shape index (κ3) is 4.23. The number of hydrogen-bond donors (Lipinski definition) is 2. The van der Waals surface area contributed by atoms with E-state index in [0.29, 0.717) is 19.0 Å². The van der Waals surface area contributed by atoms with Gasteiger partial charge in [0.2, 0.25) is 5.91 Å². The highest BCUT2D eigenvalue weighted by molar-refractivity contribution is 5.95. The van der Waals surface area contributed by atoms with Gasteiger partial charge in [0.15, 0.2) is 0 Å². The molecule has 4 rings (SSSR count). The van der Waals surface area contributed by atoms with Crippen molar-refractivity contribution < 1.29 is 9.59 Å². The molecule has 0 spiro atoms. The minimum atomic E-state index is -0.411. The number of anilines is 1. The zero-order valence-corrected chi connectivity index (χ0v) is 19.3. The molecule has 2 aliphatic heterocycles. The summed E-state index contributed by atoms with van der Waals surface area (Å²) in [7, 11) is 4.03. The number of carbonyl (C=O) groups is 2. The molecule has 2 atom stereocenters. The van der Waals surface area contributed by atoms with E-state index in [2.05, 4.69) is 39.4 Å². The lowest BCUT2D eigenvalue weighted by atomic mass is 9.87. The van der Waals surface area contributed by atoms with E-state index in [1.165, 1.54) is 5.70 Å². The van der Waals surface area contributed by atoms with Gasteiger partial charge in [-0.1, -0.05) is 12.1 Å². The maximum Gasteiger partial charge on any atom is 0.317 e. The number of rotatable bonds is 4. The number of urea groups is 1. The summed E-state index contributed by atoms with van der Waals surface area (Å²) in [6, 6.07) is 8.20. The highest BCUT2D eigenvalue weighted by Crippen LogP contribution is 2.51. The molecule has 2 unspecified atom stereocenters. The van der Waals surface area contributed by atoms with E-state index in [-0.39, 0.29) is 23.5 Å². The van der Waals surface area contributed by atoms with Crippen LogP contribution in [-0.2, 0) is 4.79 Å². The third-order valence-electron chi connectivity index (χ3n) is 6.43. The quantitative estimate of drug-likeness (QED) is 0.777. The summed E-state index contributed by atoms with van der Waals surface area (Å²) in [6.45, 7) is 7.82. The van der Waals surface area contributed by atoms with Crippen molar-refractivity contribution >= 4 is 23.2 Å². The fourth-order valence-corrected chi connectivity index (χ4v) is 4.89. The molecule has 31 heavy (non-hydrogen) atoms. The van der Waals surface area contributed by atoms with Crippen LogP contribution in [-0.4, -0.2) is 67.0 Å². The Morgan fingerprint density at radius 3 is 2.26 bits per heavy atom. The van der Waals surface area contributed by atoms with Crippen LogP contribution in [0.25, 0.3) is 5.57 Å². The van der Waals surface area contributed by atoms with Crippen LogP contribution >= 0.6 is 0 Å². The largest absolute Gasteiger partial charge is 0.378 e. The van der Waals surface area contributed by atoms with Gasteiger partial charge in [-0.25, -0.2) is 4.79 Å². The Morgan fingerprint density at radius 1 is 1.10 bits per heavy atom. The monoisotopic (exact) mass is 425 g/mol. The molecule has 0 bridgehead atoms. The number of benzene rings is 1. The zero-order chi connectivity index (χ0) is 22.5. The summed E-state index contributed by atoms with van der Waals surface area (Å²) in [5.74, 6) is -0.230. The second-order valence-corrected chi connectivity index (χ2v) is 10.3. The van der Waals surface area contributed by atoms with Crippen LogP contribution in [0.2, 0.25) is 0 Å². The van der Waals surface area contributed by atoms with E-state index in [0.717, 1.165) is 36.2 Å². The molecule has 3 amide bonds. The van der Waals surface area contributed by atoms with E-state index in [1.807, 2.05) is 39.8 Å². The summed E-state index contributed by atoms with van der Waals surface area (Å²) in [5, 5.41) is 3.05. The van der Waals surface area contributed by atoms with Crippen molar-refractivity contribution in [2.75, 3.05) is 38.6 Å². The smallest absolute Gasteiger partial charge is 0.317 e. The van der Waals surface area contributed by atoms with Crippen LogP contribution in [0, 0.1) is 11.8 Å². The average Bonchev–Trinajstić information content (AvgIpc) is 3.46. The zero-order valence-electron chi connectivity index (χ0n) is 19.3. The van der Waals surface area contributed by atoms with Gasteiger partial charge in [-0.05, 0) is 62.8 Å². The van der Waals surface area contributed by atoms with Gasteiger partial charge in [0.05, 0.1) is 12.0 Å². The average molecular weight is 426 g/mol. The van der Waals surface area contributed by atoms with Crippen LogP contribution in [0.15, 0.2) is 30.0 Å². The first-order valence-electron chi connectivity index (χ1n) is 11.2. The summed E-state index contributed by atoms with van der Waals surface area (Å²) >= 11 is 0. The van der Waals surface area contributed by atoms with Crippen LogP contribution in [0.1, 0.15) is 39.2 Å². The molecule has 2 fully saturated rings. The minimum Gasteiger partial charge on any atom is -0.378 e. The molecule has 7 nitrogen and oxygen atoms in total. The number of fused-ring (bicyclic) bond motifs is 1. The molecule has 1 aliphatic carbocycles. The van der Waals surface area contributed by atoms with Gasteiger partial charge in [0.1, 0.15) is 0 Å². The summed E-state index contributed by atoms with van der Waals surface area (Å²) < 4.78 is 0. The molecule has 1 aromatic carbocycles. The molecule has 3 N–H and O–H groups in total. The second kappa shape index (κ2) is 7.77. The van der Waals surface area contributed by atoms with Crippen LogP contribution < -0.4 is 16.0 Å². The SMILES string of the molecule is CN(C)c1ccc(C2=C(C3CC3)N3CCN(C(=O)NC(C)(C)C)CC3C2C(N)=O)cc1. The van der Waals surface area contributed by atoms with Gasteiger partial charge in [0.25, 0.3) is 0 Å². The molecule has 1 saturated carbocycles. The number of nitrogens with zero attached hydrogens (tertiary/aromatic N) is 3. The van der Waals surface area contributed by atoms with Crippen molar-refractivity contribution in [3.63, 3.8) is 0 Å². The Morgan fingerprint density at radius 2 is 1.74 bits per heavy atom. The fourth-order valence-electron chi connectivity index (χ4n) is 4.89. The number of nitrogens with one attached hydrogen (secondary N) is 1. The van der Waals surface area contributed by atoms with Crippen molar-refractivity contribution in [1.82, 2.24) is 15.1 Å². The van der Waals surface area contributed by atoms with Crippen LogP contribution in [0.3, 0.4) is 0 Å². The molecular weight excluding hydrogens is 390 g/mol. The molecule has 168 valence electrons. The summed E-state index contributed by atoms with van der Waals surface area (Å²) in [4.78, 5) is 31.8. The van der Waals surface area contributed by atoms with Gasteiger partial charge < -0.3 is 25.8 Å². The Bertz CT molecular complexity index is 896. The van der Waals surface area contributed by atoms with E-state index in [4.69, 9.17) is 5.73 Å². The molecule has 0 radical (unpaired) electrons. The molecular formula is C24H35N5O2. The lowest BCUT2D eigenvalue weighted by molar-refractivity contribution is -0.121.